The van der Waals surface area contributed by atoms with E-state index in [1.54, 1.807) is 0 Å². The molecule has 1 saturated heterocycles. The van der Waals surface area contributed by atoms with E-state index in [1.165, 1.54) is 0 Å². The van der Waals surface area contributed by atoms with Crippen LogP contribution in [0.4, 0.5) is 22.0 Å². The van der Waals surface area contributed by atoms with Crippen molar-refractivity contribution in [1.29, 1.82) is 0 Å². The minimum Gasteiger partial charge on any atom is -0.381 e. The highest BCUT2D eigenvalue weighted by atomic mass is 32.2. The van der Waals surface area contributed by atoms with Crippen LogP contribution in [0.2, 0.25) is 0 Å². The average Bonchev–Trinajstić information content (AvgIpc) is 2.87. The molecule has 0 aromatic carbocycles. The van der Waals surface area contributed by atoms with Gasteiger partial charge in [-0.2, -0.15) is 22.0 Å². The lowest BCUT2D eigenvalue weighted by atomic mass is 10.2. The Kier molecular flexibility index (Phi) is 4.84. The van der Waals surface area contributed by atoms with Crippen molar-refractivity contribution in [3.8, 4) is 0 Å². The molecule has 126 valence electrons. The molecule has 1 fully saturated rings. The molecule has 2 heterocycles. The van der Waals surface area contributed by atoms with Gasteiger partial charge in [-0.1, -0.05) is 0 Å². The smallest absolute Gasteiger partial charge is 0.381 e. The molecule has 1 aliphatic rings. The molecule has 0 bridgehead atoms. The van der Waals surface area contributed by atoms with Crippen molar-refractivity contribution >= 4 is 21.2 Å². The van der Waals surface area contributed by atoms with Gasteiger partial charge in [0.05, 0.1) is 15.9 Å². The van der Waals surface area contributed by atoms with Crippen LogP contribution in [0.1, 0.15) is 23.3 Å². The second-order valence-electron chi connectivity index (χ2n) is 5.01. The molecule has 1 aliphatic heterocycles. The fourth-order valence-corrected chi connectivity index (χ4v) is 4.94. The number of sulfone groups is 1. The number of rotatable bonds is 4. The SMILES string of the molecule is O=S(=O)(Cc1csc(C(F)(F)C(F)(F)F)c1)C1CCOCC1. The van der Waals surface area contributed by atoms with Crippen LogP contribution in [0, 0.1) is 0 Å². The first-order valence-electron chi connectivity index (χ1n) is 6.36. The summed E-state index contributed by atoms with van der Waals surface area (Å²) < 4.78 is 92.6. The minimum atomic E-state index is -5.70. The van der Waals surface area contributed by atoms with Gasteiger partial charge in [0.25, 0.3) is 0 Å². The highest BCUT2D eigenvalue weighted by molar-refractivity contribution is 7.91. The molecular formula is C12H13F5O3S2. The zero-order valence-corrected chi connectivity index (χ0v) is 12.8. The van der Waals surface area contributed by atoms with Gasteiger partial charge in [-0.25, -0.2) is 8.42 Å². The number of halogens is 5. The Morgan fingerprint density at radius 2 is 1.77 bits per heavy atom. The molecule has 1 aromatic rings. The van der Waals surface area contributed by atoms with Gasteiger partial charge in [0, 0.05) is 13.2 Å². The third kappa shape index (κ3) is 3.60. The lowest BCUT2D eigenvalue weighted by molar-refractivity contribution is -0.287. The van der Waals surface area contributed by atoms with Crippen LogP contribution in [0.15, 0.2) is 11.4 Å². The fourth-order valence-electron chi connectivity index (χ4n) is 2.14. The zero-order valence-electron chi connectivity index (χ0n) is 11.2. The van der Waals surface area contributed by atoms with Crippen LogP contribution < -0.4 is 0 Å². The molecule has 0 aliphatic carbocycles. The number of hydrogen-bond acceptors (Lipinski definition) is 4. The van der Waals surface area contributed by atoms with Gasteiger partial charge < -0.3 is 4.74 Å². The fraction of sp³-hybridized carbons (Fsp3) is 0.667. The molecule has 0 spiro atoms. The molecule has 22 heavy (non-hydrogen) atoms. The molecule has 0 unspecified atom stereocenters. The van der Waals surface area contributed by atoms with Crippen LogP contribution in [-0.2, 0) is 26.2 Å². The van der Waals surface area contributed by atoms with Gasteiger partial charge in [0.15, 0.2) is 9.84 Å². The Morgan fingerprint density at radius 3 is 2.32 bits per heavy atom. The van der Waals surface area contributed by atoms with E-state index in [4.69, 9.17) is 4.74 Å². The van der Waals surface area contributed by atoms with Gasteiger partial charge in [-0.3, -0.25) is 0 Å². The second kappa shape index (κ2) is 6.04. The highest BCUT2D eigenvalue weighted by Gasteiger charge is 2.59. The normalized spacial score (nSPS) is 18.6. The van der Waals surface area contributed by atoms with E-state index in [0.717, 1.165) is 5.38 Å². The molecule has 1 aromatic heterocycles. The van der Waals surface area contributed by atoms with E-state index in [0.29, 0.717) is 32.1 Å². The summed E-state index contributed by atoms with van der Waals surface area (Å²) >= 11 is 0.212. The molecule has 0 amide bonds. The maximum Gasteiger partial charge on any atom is 0.458 e. The quantitative estimate of drug-likeness (QED) is 0.768. The molecule has 0 N–H and O–H groups in total. The topological polar surface area (TPSA) is 43.4 Å². The Balaban J connectivity index is 2.15. The van der Waals surface area contributed by atoms with Gasteiger partial charge in [-0.15, -0.1) is 11.3 Å². The van der Waals surface area contributed by atoms with Crippen LogP contribution >= 0.6 is 11.3 Å². The summed E-state index contributed by atoms with van der Waals surface area (Å²) in [6.45, 7) is 0.593. The summed E-state index contributed by atoms with van der Waals surface area (Å²) in [6, 6.07) is 0.620. The van der Waals surface area contributed by atoms with E-state index < -0.39 is 37.8 Å². The van der Waals surface area contributed by atoms with E-state index in [-0.39, 0.29) is 16.9 Å². The number of ether oxygens (including phenoxy) is 1. The summed E-state index contributed by atoms with van der Waals surface area (Å²) in [7, 11) is -3.60. The standard InChI is InChI=1S/C12H13F5O3S2/c13-11(14,12(15,16)17)10-5-8(6-21-10)7-22(18,19)9-1-3-20-4-2-9/h5-6,9H,1-4,7H2. The van der Waals surface area contributed by atoms with Crippen molar-refractivity contribution in [2.75, 3.05) is 13.2 Å². The van der Waals surface area contributed by atoms with Gasteiger partial charge in [0.2, 0.25) is 0 Å². The largest absolute Gasteiger partial charge is 0.458 e. The van der Waals surface area contributed by atoms with Crippen molar-refractivity contribution in [2.45, 2.75) is 35.9 Å². The number of hydrogen-bond donors (Lipinski definition) is 0. The minimum absolute atomic E-state index is 0.0459. The van der Waals surface area contributed by atoms with Gasteiger partial charge in [-0.05, 0) is 29.9 Å². The zero-order chi connectivity index (χ0) is 16.6. The third-order valence-corrected chi connectivity index (χ3v) is 6.63. The van der Waals surface area contributed by atoms with Gasteiger partial charge >= 0.3 is 12.1 Å². The Hall–Kier alpha value is -0.740. The van der Waals surface area contributed by atoms with E-state index in [9.17, 15) is 30.4 Å². The molecule has 0 saturated carbocycles. The molecule has 10 heteroatoms. The maximum atomic E-state index is 13.2. The second-order valence-corrected chi connectivity index (χ2v) is 8.20. The monoisotopic (exact) mass is 364 g/mol. The van der Waals surface area contributed by atoms with Crippen molar-refractivity contribution < 1.29 is 35.1 Å². The lowest BCUT2D eigenvalue weighted by Crippen LogP contribution is -2.32. The van der Waals surface area contributed by atoms with Gasteiger partial charge in [0.1, 0.15) is 0 Å². The Labute approximate surface area is 128 Å². The predicted molar refractivity (Wildman–Crippen MR) is 70.7 cm³/mol. The van der Waals surface area contributed by atoms with E-state index in [1.807, 2.05) is 0 Å². The predicted octanol–water partition coefficient (Wildman–Crippen LogP) is 3.50. The molecule has 0 radical (unpaired) electrons. The summed E-state index contributed by atoms with van der Waals surface area (Å²) in [6.07, 6.45) is -5.09. The Morgan fingerprint density at radius 1 is 1.18 bits per heavy atom. The first-order valence-corrected chi connectivity index (χ1v) is 8.95. The third-order valence-electron chi connectivity index (χ3n) is 3.36. The van der Waals surface area contributed by atoms with Crippen molar-refractivity contribution in [3.05, 3.63) is 21.9 Å². The van der Waals surface area contributed by atoms with Crippen molar-refractivity contribution in [3.63, 3.8) is 0 Å². The molecular weight excluding hydrogens is 351 g/mol. The summed E-state index contributed by atoms with van der Waals surface area (Å²) in [4.78, 5) is -1.20. The summed E-state index contributed by atoms with van der Waals surface area (Å²) in [5.41, 5.74) is -0.0459. The lowest BCUT2D eigenvalue weighted by Gasteiger charge is -2.21. The Bertz CT molecular complexity index is 615. The number of alkyl halides is 5. The highest BCUT2D eigenvalue weighted by Crippen LogP contribution is 2.46. The molecule has 0 atom stereocenters. The average molecular weight is 364 g/mol. The van der Waals surface area contributed by atoms with E-state index >= 15 is 0 Å². The van der Waals surface area contributed by atoms with Crippen LogP contribution in [0.25, 0.3) is 0 Å². The van der Waals surface area contributed by atoms with Crippen LogP contribution in [0.3, 0.4) is 0 Å². The first-order chi connectivity index (χ1) is 10.0. The molecule has 2 rings (SSSR count). The van der Waals surface area contributed by atoms with E-state index in [2.05, 4.69) is 0 Å². The summed E-state index contributed by atoms with van der Waals surface area (Å²) in [5.74, 6) is -5.51. The first kappa shape index (κ1) is 17.6. The summed E-state index contributed by atoms with van der Waals surface area (Å²) in [5, 5.41) is 0.388. The van der Waals surface area contributed by atoms with Crippen LogP contribution in [-0.4, -0.2) is 33.1 Å². The van der Waals surface area contributed by atoms with Crippen molar-refractivity contribution in [2.24, 2.45) is 0 Å². The van der Waals surface area contributed by atoms with Crippen molar-refractivity contribution in [1.82, 2.24) is 0 Å². The maximum absolute atomic E-state index is 13.2. The molecule has 3 nitrogen and oxygen atoms in total. The number of thiophene rings is 1. The van der Waals surface area contributed by atoms with Crippen LogP contribution in [0.5, 0.6) is 0 Å².